The second kappa shape index (κ2) is 19.4. The van der Waals surface area contributed by atoms with Gasteiger partial charge in [0, 0.05) is 12.1 Å². The van der Waals surface area contributed by atoms with E-state index in [2.05, 4.69) is 32.3 Å². The summed E-state index contributed by atoms with van der Waals surface area (Å²) in [5.41, 5.74) is 13.0. The lowest BCUT2D eigenvalue weighted by Gasteiger charge is -2.36. The van der Waals surface area contributed by atoms with Crippen LogP contribution in [0.5, 0.6) is 0 Å². The van der Waals surface area contributed by atoms with Gasteiger partial charge in [-0.15, -0.1) is 0 Å². The summed E-state index contributed by atoms with van der Waals surface area (Å²) in [7, 11) is 0. The molecular weight excluding hydrogens is 741 g/mol. The molecule has 2 aromatic heterocycles. The molecule has 10 nitrogen and oxygen atoms in total. The molecule has 5 N–H and O–H groups in total. The number of nitrogens with zero attached hydrogens (tertiary/aromatic N) is 1. The van der Waals surface area contributed by atoms with E-state index >= 15 is 0 Å². The Morgan fingerprint density at radius 3 is 1.66 bits per heavy atom. The Morgan fingerprint density at radius 1 is 0.672 bits per heavy atom. The van der Waals surface area contributed by atoms with Gasteiger partial charge in [0.15, 0.2) is 11.2 Å². The van der Waals surface area contributed by atoms with Gasteiger partial charge in [-0.1, -0.05) is 36.4 Å². The Bertz CT molecular complexity index is 2350. The van der Waals surface area contributed by atoms with Crippen LogP contribution in [0, 0.1) is 11.6 Å². The van der Waals surface area contributed by atoms with E-state index in [4.69, 9.17) is 14.6 Å². The number of nitrogens with two attached hydrogens (primary N) is 1. The summed E-state index contributed by atoms with van der Waals surface area (Å²) in [6.45, 7) is 2.04. The maximum Gasteiger partial charge on any atom is 0.417 e. The third kappa shape index (κ3) is 11.2. The maximum atomic E-state index is 13.1. The number of H-pyrrole nitrogens is 2. The molecule has 8 rings (SSSR count). The lowest BCUT2D eigenvalue weighted by molar-refractivity contribution is -0.119. The van der Waals surface area contributed by atoms with Crippen molar-refractivity contribution in [1.82, 2.24) is 20.2 Å². The minimum atomic E-state index is -0.432. The van der Waals surface area contributed by atoms with Gasteiger partial charge in [0.25, 0.3) is 0 Å². The maximum absolute atomic E-state index is 13.1. The van der Waals surface area contributed by atoms with E-state index in [0.717, 1.165) is 107 Å². The number of aromatic nitrogens is 2. The first-order valence-corrected chi connectivity index (χ1v) is 20.7. The highest BCUT2D eigenvalue weighted by Gasteiger charge is 2.28. The zero-order chi connectivity index (χ0) is 40.4. The van der Waals surface area contributed by atoms with E-state index in [1.807, 2.05) is 48.5 Å². The van der Waals surface area contributed by atoms with Crippen LogP contribution < -0.4 is 22.6 Å². The minimum absolute atomic E-state index is 0.175. The van der Waals surface area contributed by atoms with E-state index in [9.17, 15) is 23.2 Å². The van der Waals surface area contributed by atoms with Gasteiger partial charge >= 0.3 is 11.5 Å². The SMILES string of the molecule is NC(=O)CN(CCCc1ccc(F)cc1)C1CCC(c2ccc3[nH]c(=O)oc3c2)CC1.O=c1[nH]c2ccc(C3CCC(NCCCc4ccc(F)cc4)CC3)cc2o1. The molecule has 12 heteroatoms. The Kier molecular flexibility index (Phi) is 13.7. The molecule has 0 saturated heterocycles. The Morgan fingerprint density at radius 2 is 1.16 bits per heavy atom. The highest BCUT2D eigenvalue weighted by molar-refractivity contribution is 5.76. The topological polar surface area (TPSA) is 150 Å². The number of aromatic amines is 2. The number of nitrogens with one attached hydrogen (secondary N) is 3. The molecule has 0 radical (unpaired) electrons. The molecule has 2 aliphatic carbocycles. The van der Waals surface area contributed by atoms with Crippen LogP contribution in [-0.4, -0.2) is 52.5 Å². The van der Waals surface area contributed by atoms with Gasteiger partial charge in [0.05, 0.1) is 17.6 Å². The fourth-order valence-corrected chi connectivity index (χ4v) is 8.82. The fourth-order valence-electron chi connectivity index (χ4n) is 8.82. The average molecular weight is 794 g/mol. The van der Waals surface area contributed by atoms with Crippen LogP contribution in [0.15, 0.2) is 103 Å². The molecule has 0 unspecified atom stereocenters. The average Bonchev–Trinajstić information content (AvgIpc) is 3.80. The summed E-state index contributed by atoms with van der Waals surface area (Å²) >= 11 is 0. The van der Waals surface area contributed by atoms with Crippen molar-refractivity contribution in [1.29, 1.82) is 0 Å². The van der Waals surface area contributed by atoms with Crippen molar-refractivity contribution in [3.8, 4) is 0 Å². The number of amides is 1. The summed E-state index contributed by atoms with van der Waals surface area (Å²) in [5.74, 6) is -0.589. The number of primary amides is 1. The van der Waals surface area contributed by atoms with Crippen LogP contribution in [0.2, 0.25) is 0 Å². The lowest BCUT2D eigenvalue weighted by atomic mass is 9.81. The van der Waals surface area contributed by atoms with Crippen LogP contribution in [0.25, 0.3) is 22.2 Å². The van der Waals surface area contributed by atoms with Crippen molar-refractivity contribution in [2.75, 3.05) is 19.6 Å². The van der Waals surface area contributed by atoms with Gasteiger partial charge in [-0.05, 0) is 173 Å². The van der Waals surface area contributed by atoms with Gasteiger partial charge in [-0.2, -0.15) is 0 Å². The van der Waals surface area contributed by atoms with Crippen molar-refractivity contribution in [2.24, 2.45) is 5.73 Å². The quantitative estimate of drug-likeness (QED) is 0.0812. The van der Waals surface area contributed by atoms with E-state index in [0.29, 0.717) is 35.1 Å². The highest BCUT2D eigenvalue weighted by atomic mass is 19.1. The van der Waals surface area contributed by atoms with Crippen LogP contribution in [0.3, 0.4) is 0 Å². The van der Waals surface area contributed by atoms with E-state index in [1.165, 1.54) is 41.0 Å². The van der Waals surface area contributed by atoms with Crippen LogP contribution in [0.1, 0.15) is 98.3 Å². The van der Waals surface area contributed by atoms with Gasteiger partial charge < -0.3 is 19.9 Å². The molecule has 2 saturated carbocycles. The van der Waals surface area contributed by atoms with Gasteiger partial charge in [-0.3, -0.25) is 19.7 Å². The van der Waals surface area contributed by atoms with Gasteiger partial charge in [-0.25, -0.2) is 18.4 Å². The summed E-state index contributed by atoms with van der Waals surface area (Å²) in [6.07, 6.45) is 12.4. The van der Waals surface area contributed by atoms with E-state index < -0.39 is 11.5 Å². The van der Waals surface area contributed by atoms with Gasteiger partial charge in [0.1, 0.15) is 11.6 Å². The second-order valence-corrected chi connectivity index (χ2v) is 15.9. The molecule has 0 atom stereocenters. The number of oxazole rings is 2. The van der Waals surface area contributed by atoms with Gasteiger partial charge in [0.2, 0.25) is 5.91 Å². The molecule has 0 bridgehead atoms. The smallest absolute Gasteiger partial charge is 0.408 e. The monoisotopic (exact) mass is 793 g/mol. The zero-order valence-corrected chi connectivity index (χ0v) is 32.8. The Balaban J connectivity index is 0.000000178. The fraction of sp³-hybridized carbons (Fsp3) is 0.413. The first kappa shape index (κ1) is 40.9. The van der Waals surface area contributed by atoms with Crippen molar-refractivity contribution in [2.45, 2.75) is 101 Å². The van der Waals surface area contributed by atoms with Crippen LogP contribution in [0.4, 0.5) is 8.78 Å². The summed E-state index contributed by atoms with van der Waals surface area (Å²) in [4.78, 5) is 41.9. The van der Waals surface area contributed by atoms with Crippen molar-refractivity contribution in [3.63, 3.8) is 0 Å². The number of benzene rings is 4. The number of halogens is 2. The number of hydrogen-bond donors (Lipinski definition) is 4. The normalized spacial score (nSPS) is 19.6. The zero-order valence-electron chi connectivity index (χ0n) is 32.8. The Labute approximate surface area is 336 Å². The first-order chi connectivity index (χ1) is 28.1. The molecule has 0 aliphatic heterocycles. The molecule has 306 valence electrons. The number of rotatable bonds is 14. The third-order valence-corrected chi connectivity index (χ3v) is 11.9. The number of hydrogen-bond acceptors (Lipinski definition) is 7. The second-order valence-electron chi connectivity index (χ2n) is 15.9. The molecule has 58 heavy (non-hydrogen) atoms. The van der Waals surface area contributed by atoms with Crippen molar-refractivity contribution >= 4 is 28.1 Å². The summed E-state index contributed by atoms with van der Waals surface area (Å²) in [5, 5.41) is 3.67. The van der Waals surface area contributed by atoms with E-state index in [1.54, 1.807) is 0 Å². The molecule has 2 fully saturated rings. The number of aryl methyl sites for hydroxylation is 2. The Hall–Kier alpha value is -5.33. The van der Waals surface area contributed by atoms with Crippen molar-refractivity contribution < 1.29 is 22.4 Å². The van der Waals surface area contributed by atoms with E-state index in [-0.39, 0.29) is 24.1 Å². The molecule has 2 heterocycles. The minimum Gasteiger partial charge on any atom is -0.408 e. The molecule has 6 aromatic rings. The third-order valence-electron chi connectivity index (χ3n) is 11.9. The molecular formula is C46H53F2N5O5. The van der Waals surface area contributed by atoms with Crippen LogP contribution in [-0.2, 0) is 17.6 Å². The molecule has 4 aromatic carbocycles. The molecule has 2 aliphatic rings. The lowest BCUT2D eigenvalue weighted by Crippen LogP contribution is -2.43. The molecule has 0 spiro atoms. The predicted molar refractivity (Wildman–Crippen MR) is 222 cm³/mol. The first-order valence-electron chi connectivity index (χ1n) is 20.7. The largest absolute Gasteiger partial charge is 0.417 e. The summed E-state index contributed by atoms with van der Waals surface area (Å²) < 4.78 is 36.4. The number of carbonyl (C=O) groups excluding carboxylic acids is 1. The van der Waals surface area contributed by atoms with Crippen molar-refractivity contribution in [3.05, 3.63) is 140 Å². The number of fused-ring (bicyclic) bond motifs is 2. The van der Waals surface area contributed by atoms with Crippen LogP contribution >= 0.6 is 0 Å². The highest BCUT2D eigenvalue weighted by Crippen LogP contribution is 2.36. The number of carbonyl (C=O) groups is 1. The summed E-state index contributed by atoms with van der Waals surface area (Å²) in [6, 6.07) is 26.2. The predicted octanol–water partition coefficient (Wildman–Crippen LogP) is 8.22. The standard InChI is InChI=1S/C24H28FN3O3.C22H25FN2O2/c25-19-8-3-16(4-9-19)2-1-13-28(15-23(26)29)20-10-5-17(6-11-20)18-7-12-21-22(14-18)31-24(30)27-21;23-18-8-3-15(4-9-18)2-1-13-24-19-10-5-16(6-11-19)17-7-12-20-21(14-17)27-22(26)25-20/h3-4,7-9,12,14,17,20H,1-2,5-6,10-11,13,15H2,(H2,26,29)(H,27,30);3-4,7-9,12,14,16,19,24H,1-2,5-6,10-11,13H2,(H,25,26). The molecule has 1 amide bonds.